The summed E-state index contributed by atoms with van der Waals surface area (Å²) in [4.78, 5) is 15.2. The van der Waals surface area contributed by atoms with E-state index >= 15 is 0 Å². The van der Waals surface area contributed by atoms with Crippen LogP contribution in [0.3, 0.4) is 0 Å². The number of anilines is 2. The summed E-state index contributed by atoms with van der Waals surface area (Å²) >= 11 is 0. The van der Waals surface area contributed by atoms with E-state index < -0.39 is 4.92 Å². The molecule has 0 spiro atoms. The highest BCUT2D eigenvalue weighted by molar-refractivity contribution is 5.60. The smallest absolute Gasteiger partial charge is 0.311 e. The van der Waals surface area contributed by atoms with Crippen molar-refractivity contribution < 1.29 is 4.92 Å². The number of benzene rings is 2. The molecule has 0 saturated heterocycles. The predicted molar refractivity (Wildman–Crippen MR) is 98.4 cm³/mol. The van der Waals surface area contributed by atoms with Crippen molar-refractivity contribution in [2.75, 3.05) is 10.6 Å². The van der Waals surface area contributed by atoms with Crippen LogP contribution < -0.4 is 10.6 Å². The number of nitrogens with zero attached hydrogens (tertiary/aromatic N) is 2. The highest BCUT2D eigenvalue weighted by Gasteiger charge is 2.15. The molecule has 1 heterocycles. The zero-order chi connectivity index (χ0) is 17.5. The first kappa shape index (κ1) is 16.4. The monoisotopic (exact) mass is 334 g/mol. The summed E-state index contributed by atoms with van der Waals surface area (Å²) < 4.78 is 0. The van der Waals surface area contributed by atoms with Crippen molar-refractivity contribution in [3.05, 3.63) is 94.0 Å². The maximum atomic E-state index is 11.2. The predicted octanol–water partition coefficient (Wildman–Crippen LogP) is 4.21. The Morgan fingerprint density at radius 3 is 1.92 bits per heavy atom. The summed E-state index contributed by atoms with van der Waals surface area (Å²) in [6, 6.07) is 22.7. The van der Waals surface area contributed by atoms with E-state index in [4.69, 9.17) is 0 Å². The van der Waals surface area contributed by atoms with Crippen molar-refractivity contribution in [2.45, 2.75) is 13.1 Å². The lowest BCUT2D eigenvalue weighted by Gasteiger charge is -2.10. The highest BCUT2D eigenvalue weighted by Crippen LogP contribution is 2.24. The van der Waals surface area contributed by atoms with Gasteiger partial charge in [0.05, 0.1) is 4.92 Å². The zero-order valence-electron chi connectivity index (χ0n) is 13.6. The molecular weight excluding hydrogens is 316 g/mol. The summed E-state index contributed by atoms with van der Waals surface area (Å²) in [5, 5.41) is 17.5. The molecule has 0 saturated carbocycles. The van der Waals surface area contributed by atoms with E-state index in [0.717, 1.165) is 11.1 Å². The van der Waals surface area contributed by atoms with Crippen LogP contribution in [0.1, 0.15) is 11.1 Å². The van der Waals surface area contributed by atoms with Crippen LogP contribution in [0, 0.1) is 10.1 Å². The molecule has 25 heavy (non-hydrogen) atoms. The van der Waals surface area contributed by atoms with Gasteiger partial charge >= 0.3 is 5.69 Å². The molecule has 0 aliphatic heterocycles. The Hall–Kier alpha value is -3.41. The quantitative estimate of drug-likeness (QED) is 0.499. The van der Waals surface area contributed by atoms with Gasteiger partial charge in [0.2, 0.25) is 5.82 Å². The van der Waals surface area contributed by atoms with Crippen molar-refractivity contribution >= 4 is 17.3 Å². The number of nitrogens with one attached hydrogen (secondary N) is 2. The normalized spacial score (nSPS) is 10.2. The Labute approximate surface area is 145 Å². The molecule has 126 valence electrons. The van der Waals surface area contributed by atoms with Gasteiger partial charge in [0, 0.05) is 19.2 Å². The van der Waals surface area contributed by atoms with Crippen LogP contribution in [0.4, 0.5) is 17.3 Å². The number of hydrogen-bond donors (Lipinski definition) is 2. The molecule has 0 atom stereocenters. The fourth-order valence-electron chi connectivity index (χ4n) is 2.40. The van der Waals surface area contributed by atoms with Gasteiger partial charge in [-0.3, -0.25) is 10.1 Å². The number of pyridine rings is 1. The van der Waals surface area contributed by atoms with Crippen LogP contribution in [0.2, 0.25) is 0 Å². The fraction of sp³-hybridized carbons (Fsp3) is 0.105. The van der Waals surface area contributed by atoms with E-state index in [0.29, 0.717) is 18.9 Å². The molecule has 0 aliphatic rings. The second-order valence-corrected chi connectivity index (χ2v) is 5.50. The van der Waals surface area contributed by atoms with Crippen molar-refractivity contribution in [3.8, 4) is 0 Å². The average molecular weight is 334 g/mol. The standard InChI is InChI=1S/C19H18N4O2/c24-23(25)17-11-12-18(20-13-15-7-3-1-4-8-15)22-19(17)21-14-16-9-5-2-6-10-16/h1-12H,13-14H2,(H2,20,21,22). The first-order valence-electron chi connectivity index (χ1n) is 7.93. The highest BCUT2D eigenvalue weighted by atomic mass is 16.6. The summed E-state index contributed by atoms with van der Waals surface area (Å²) in [6.07, 6.45) is 0. The van der Waals surface area contributed by atoms with Gasteiger partial charge in [-0.2, -0.15) is 0 Å². The molecular formula is C19H18N4O2. The zero-order valence-corrected chi connectivity index (χ0v) is 13.6. The van der Waals surface area contributed by atoms with Crippen molar-refractivity contribution in [3.63, 3.8) is 0 Å². The van der Waals surface area contributed by atoms with E-state index in [1.54, 1.807) is 6.07 Å². The van der Waals surface area contributed by atoms with E-state index in [-0.39, 0.29) is 11.5 Å². The van der Waals surface area contributed by atoms with Crippen LogP contribution in [0.25, 0.3) is 0 Å². The third-order valence-electron chi connectivity index (χ3n) is 3.69. The summed E-state index contributed by atoms with van der Waals surface area (Å²) in [5.74, 6) is 0.844. The molecule has 3 aromatic rings. The lowest BCUT2D eigenvalue weighted by atomic mass is 10.2. The maximum Gasteiger partial charge on any atom is 0.311 e. The van der Waals surface area contributed by atoms with Crippen molar-refractivity contribution in [1.82, 2.24) is 4.98 Å². The summed E-state index contributed by atoms with van der Waals surface area (Å²) in [7, 11) is 0. The maximum absolute atomic E-state index is 11.2. The lowest BCUT2D eigenvalue weighted by molar-refractivity contribution is -0.384. The van der Waals surface area contributed by atoms with Crippen molar-refractivity contribution in [1.29, 1.82) is 0 Å². The van der Waals surface area contributed by atoms with E-state index in [1.165, 1.54) is 6.07 Å². The van der Waals surface area contributed by atoms with Crippen LogP contribution in [-0.2, 0) is 13.1 Å². The summed E-state index contributed by atoms with van der Waals surface area (Å²) in [6.45, 7) is 1.07. The molecule has 2 aromatic carbocycles. The summed E-state index contributed by atoms with van der Waals surface area (Å²) in [5.41, 5.74) is 2.10. The van der Waals surface area contributed by atoms with Crippen LogP contribution in [0.5, 0.6) is 0 Å². The molecule has 0 aliphatic carbocycles. The van der Waals surface area contributed by atoms with Gasteiger partial charge in [0.1, 0.15) is 5.82 Å². The fourth-order valence-corrected chi connectivity index (χ4v) is 2.40. The Morgan fingerprint density at radius 2 is 1.36 bits per heavy atom. The van der Waals surface area contributed by atoms with Gasteiger partial charge in [-0.15, -0.1) is 0 Å². The van der Waals surface area contributed by atoms with Gasteiger partial charge in [0.15, 0.2) is 0 Å². The molecule has 6 nitrogen and oxygen atoms in total. The van der Waals surface area contributed by atoms with Gasteiger partial charge in [-0.1, -0.05) is 60.7 Å². The minimum Gasteiger partial charge on any atom is -0.366 e. The molecule has 0 amide bonds. The minimum atomic E-state index is -0.429. The van der Waals surface area contributed by atoms with Gasteiger partial charge in [0.25, 0.3) is 0 Å². The molecule has 1 aromatic heterocycles. The Balaban J connectivity index is 1.73. The first-order valence-corrected chi connectivity index (χ1v) is 7.93. The topological polar surface area (TPSA) is 80.1 Å². The lowest BCUT2D eigenvalue weighted by Crippen LogP contribution is -2.07. The molecule has 3 rings (SSSR count). The van der Waals surface area contributed by atoms with Gasteiger partial charge < -0.3 is 10.6 Å². The second kappa shape index (κ2) is 7.92. The number of nitro groups is 1. The molecule has 6 heteroatoms. The molecule has 0 fully saturated rings. The third kappa shape index (κ3) is 4.54. The van der Waals surface area contributed by atoms with E-state index in [9.17, 15) is 10.1 Å². The number of rotatable bonds is 7. The Morgan fingerprint density at radius 1 is 0.800 bits per heavy atom. The Kier molecular flexibility index (Phi) is 5.21. The SMILES string of the molecule is O=[N+]([O-])c1ccc(NCc2ccccc2)nc1NCc1ccccc1. The van der Waals surface area contributed by atoms with Gasteiger partial charge in [-0.05, 0) is 17.2 Å². The van der Waals surface area contributed by atoms with Crippen LogP contribution >= 0.6 is 0 Å². The second-order valence-electron chi connectivity index (χ2n) is 5.50. The van der Waals surface area contributed by atoms with Gasteiger partial charge in [-0.25, -0.2) is 4.98 Å². The number of hydrogen-bond acceptors (Lipinski definition) is 5. The molecule has 2 N–H and O–H groups in total. The first-order chi connectivity index (χ1) is 12.2. The average Bonchev–Trinajstić information content (AvgIpc) is 2.66. The van der Waals surface area contributed by atoms with E-state index in [2.05, 4.69) is 15.6 Å². The van der Waals surface area contributed by atoms with Crippen LogP contribution in [-0.4, -0.2) is 9.91 Å². The van der Waals surface area contributed by atoms with Crippen molar-refractivity contribution in [2.24, 2.45) is 0 Å². The third-order valence-corrected chi connectivity index (χ3v) is 3.69. The minimum absolute atomic E-state index is 0.0406. The van der Waals surface area contributed by atoms with Crippen LogP contribution in [0.15, 0.2) is 72.8 Å². The molecule has 0 bridgehead atoms. The van der Waals surface area contributed by atoms with E-state index in [1.807, 2.05) is 60.7 Å². The molecule has 0 radical (unpaired) electrons. The molecule has 0 unspecified atom stereocenters. The number of aromatic nitrogens is 1. The largest absolute Gasteiger partial charge is 0.366 e. The Bertz CT molecular complexity index is 839.